The smallest absolute Gasteiger partial charge is 0.386 e. The highest BCUT2D eigenvalue weighted by molar-refractivity contribution is 8.22. The predicted molar refractivity (Wildman–Crippen MR) is 391 cm³/mol. The lowest BCUT2D eigenvalue weighted by Crippen LogP contribution is -2.24. The molecule has 11 rings (SSSR count). The summed E-state index contributed by atoms with van der Waals surface area (Å²) in [7, 11) is 4.08. The number of nitrogens with zero attached hydrogens (tertiary/aromatic N) is 4. The molecule has 1 fully saturated rings. The van der Waals surface area contributed by atoms with Crippen molar-refractivity contribution in [2.45, 2.75) is 181 Å². The second-order valence-electron chi connectivity index (χ2n) is 22.6. The molecule has 5 aliphatic carbocycles. The number of aromatic nitrogens is 4. The average Bonchev–Trinajstić information content (AvgIpc) is 1.66. The van der Waals surface area contributed by atoms with E-state index >= 15 is 0 Å². The maximum Gasteiger partial charge on any atom is 0.386 e. The molecule has 0 saturated heterocycles. The van der Waals surface area contributed by atoms with Crippen molar-refractivity contribution in [1.82, 2.24) is 19.1 Å². The summed E-state index contributed by atoms with van der Waals surface area (Å²) in [5.74, 6) is 0.00601. The Kier molecular flexibility index (Phi) is 33.1. The number of aromatic amines is 1. The van der Waals surface area contributed by atoms with Crippen molar-refractivity contribution in [2.24, 2.45) is 0 Å². The zero-order valence-corrected chi connectivity index (χ0v) is 61.6. The first-order valence-electron chi connectivity index (χ1n) is 30.7. The minimum Gasteiger partial charge on any atom is -0.465 e. The Labute approximate surface area is 584 Å². The van der Waals surface area contributed by atoms with Crippen LogP contribution in [0.2, 0.25) is 0 Å². The van der Waals surface area contributed by atoms with Gasteiger partial charge in [0.1, 0.15) is 41.3 Å². The minimum atomic E-state index is -0.477. The number of thiophene rings is 4. The van der Waals surface area contributed by atoms with Gasteiger partial charge < -0.3 is 35.1 Å². The van der Waals surface area contributed by atoms with Gasteiger partial charge in [-0.15, -0.1) is 68.7 Å². The largest absolute Gasteiger partial charge is 0.465 e. The van der Waals surface area contributed by atoms with Crippen LogP contribution in [0.25, 0.3) is 25.3 Å². The Hall–Kier alpha value is -5.63. The standard InChI is InChI=1S/C17H20N2O2S2.C14H16N2OS2.C12H15NO2S3.C10H13NO2S.C6H10O.C4H5NO2.C3H5ClO/c1-10(2)8-19-16(21)14-12-6-4-5-7-13(12)23-15(14)18-17(19)22-9-11(3)20;1-8(2)7-16-13(17)11-9-5-3-4-6-10(9)19-12(11)15-14(16)18;1-15-11(14)9-7-5-3-4-6-8(7)18-10(9)13-12(16)17-2;1-13-10(12)8-6-4-2-3-5-7(6)14-9(8)11;7-6-4-2-1-3-5-6;1-5-3-4(6)7-2;1-3(5)2-4/h1,4-9H2,2-3H3;1,3-7H2,2H3,(H,15,18);3-6H2,1-2H3,(H,13,16);2-5,11H2,1H3;1-5H2;3H2,2H3;2H2,1H3. The van der Waals surface area contributed by atoms with E-state index in [1.165, 1.54) is 132 Å². The van der Waals surface area contributed by atoms with Crippen molar-refractivity contribution < 1.29 is 43.0 Å². The lowest BCUT2D eigenvalue weighted by Gasteiger charge is -2.13. The van der Waals surface area contributed by atoms with E-state index in [-0.39, 0.29) is 47.0 Å². The van der Waals surface area contributed by atoms with E-state index in [0.29, 0.717) is 55.0 Å². The Balaban J connectivity index is 0.000000207. The number of Topliss-reactive ketones (excluding diaryl/α,β-unsaturated/α-hetero) is 3. The number of thioether (sulfide) groups is 2. The first kappa shape index (κ1) is 78.1. The number of hydrogen-bond acceptors (Lipinski definition) is 21. The number of nitrogens with one attached hydrogen (secondary N) is 2. The summed E-state index contributed by atoms with van der Waals surface area (Å²) in [6, 6.07) is 0. The highest BCUT2D eigenvalue weighted by atomic mass is 35.5. The third-order valence-corrected chi connectivity index (χ3v) is 22.6. The molecule has 0 atom stereocenters. The first-order chi connectivity index (χ1) is 44.4. The lowest BCUT2D eigenvalue weighted by atomic mass is 9.95. The van der Waals surface area contributed by atoms with Gasteiger partial charge in [0.05, 0.1) is 54.9 Å². The van der Waals surface area contributed by atoms with E-state index in [2.05, 4.69) is 33.0 Å². The van der Waals surface area contributed by atoms with Crippen LogP contribution in [0.1, 0.15) is 174 Å². The second kappa shape index (κ2) is 39.4. The summed E-state index contributed by atoms with van der Waals surface area (Å²) < 4.78 is 18.2. The molecule has 4 N–H and O–H groups in total. The molecule has 0 aliphatic heterocycles. The summed E-state index contributed by atoms with van der Waals surface area (Å²) in [6.45, 7) is 21.5. The third kappa shape index (κ3) is 22.8. The molecule has 1 saturated carbocycles. The Morgan fingerprint density at radius 2 is 1.13 bits per heavy atom. The maximum atomic E-state index is 13.1. The third-order valence-electron chi connectivity index (χ3n) is 15.0. The minimum absolute atomic E-state index is 0.0171. The SMILES string of the molecule is C=C(C)Cn1c(=S)[nH]c2sc3c(c2c1=O)CCCC3.C=C(C)Cn1c(SCC(C)=O)nc2sc3c(c2c1=O)CCCC3.CC(=O)CCl.COC(=O)c1c(N)sc2c1CCCC2.COC(=O)c1c(NC(=S)SC)sc2c1CCCC2.O=C1CCCCC1.[C-]#[N+]CC(=O)OC. The van der Waals surface area contributed by atoms with E-state index in [1.807, 2.05) is 20.1 Å². The second-order valence-corrected chi connectivity index (χ2v) is 30.1. The summed E-state index contributed by atoms with van der Waals surface area (Å²) in [6.07, 6.45) is 24.7. The average molecular weight is 1440 g/mol. The Morgan fingerprint density at radius 3 is 1.60 bits per heavy atom. The molecule has 93 heavy (non-hydrogen) atoms. The fourth-order valence-corrected chi connectivity index (χ4v) is 17.3. The number of ether oxygens (including phenoxy) is 3. The number of thiocarbonyl (C=S) groups is 1. The normalized spacial score (nSPS) is 14.0. The lowest BCUT2D eigenvalue weighted by molar-refractivity contribution is -0.138. The number of ketones is 3. The van der Waals surface area contributed by atoms with Gasteiger partial charge in [-0.05, 0) is 184 Å². The highest BCUT2D eigenvalue weighted by Gasteiger charge is 2.28. The predicted octanol–water partition coefficient (Wildman–Crippen LogP) is 15.1. The molecule has 0 bridgehead atoms. The van der Waals surface area contributed by atoms with E-state index in [9.17, 15) is 38.4 Å². The van der Waals surface area contributed by atoms with Gasteiger partial charge in [-0.3, -0.25) is 33.1 Å². The van der Waals surface area contributed by atoms with Gasteiger partial charge in [-0.1, -0.05) is 54.7 Å². The summed E-state index contributed by atoms with van der Waals surface area (Å²) in [5, 5.41) is 6.87. The van der Waals surface area contributed by atoms with Crippen molar-refractivity contribution in [3.8, 4) is 0 Å². The number of allylic oxidation sites excluding steroid dienone is 2. The van der Waals surface area contributed by atoms with Crippen LogP contribution in [0.4, 0.5) is 10.0 Å². The van der Waals surface area contributed by atoms with Gasteiger partial charge in [-0.25, -0.2) is 25.9 Å². The molecule has 504 valence electrons. The molecule has 5 aliphatic rings. The van der Waals surface area contributed by atoms with Crippen molar-refractivity contribution >= 4 is 175 Å². The number of H-pyrrole nitrogens is 1. The van der Waals surface area contributed by atoms with Crippen molar-refractivity contribution in [1.29, 1.82) is 0 Å². The molecule has 0 aromatic carbocycles. The van der Waals surface area contributed by atoms with Crippen molar-refractivity contribution in [2.75, 3.05) is 56.8 Å². The number of rotatable bonds is 12. The number of halogens is 1. The number of carbonyl (C=O) groups excluding carboxylic acids is 6. The number of alkyl halides is 1. The summed E-state index contributed by atoms with van der Waals surface area (Å²) in [4.78, 5) is 108. The number of hydrogen-bond donors (Lipinski definition) is 3. The molecule has 6 aromatic rings. The quantitative estimate of drug-likeness (QED) is 0.0151. The van der Waals surface area contributed by atoms with Crippen LogP contribution in [0.15, 0.2) is 39.0 Å². The molecular formula is C66H84ClN7O11S8. The number of aryl methyl sites for hydroxylation is 6. The van der Waals surface area contributed by atoms with Crippen LogP contribution >= 0.6 is 105 Å². The number of esters is 3. The maximum absolute atomic E-state index is 13.1. The fourth-order valence-electron chi connectivity index (χ4n) is 10.7. The summed E-state index contributed by atoms with van der Waals surface area (Å²) in [5.41, 5.74) is 13.8. The monoisotopic (exact) mass is 1440 g/mol. The van der Waals surface area contributed by atoms with Crippen LogP contribution < -0.4 is 22.2 Å². The van der Waals surface area contributed by atoms with Crippen molar-refractivity contribution in [3.63, 3.8) is 0 Å². The molecule has 18 nitrogen and oxygen atoms in total. The van der Waals surface area contributed by atoms with Gasteiger partial charge in [0.15, 0.2) is 9.93 Å². The van der Waals surface area contributed by atoms with Gasteiger partial charge in [0.2, 0.25) is 0 Å². The highest BCUT2D eigenvalue weighted by Crippen LogP contribution is 2.40. The van der Waals surface area contributed by atoms with E-state index in [0.717, 1.165) is 144 Å². The Morgan fingerprint density at radius 1 is 0.667 bits per heavy atom. The zero-order valence-electron chi connectivity index (χ0n) is 54.3. The fraction of sp³-hybridized carbons (Fsp3) is 0.515. The van der Waals surface area contributed by atoms with E-state index < -0.39 is 5.97 Å². The van der Waals surface area contributed by atoms with Crippen LogP contribution in [0, 0.1) is 11.3 Å². The van der Waals surface area contributed by atoms with Crippen LogP contribution in [0.5, 0.6) is 0 Å². The van der Waals surface area contributed by atoms with Gasteiger partial charge in [-0.2, -0.15) is 0 Å². The molecule has 0 radical (unpaired) electrons. The van der Waals surface area contributed by atoms with Gasteiger partial charge in [0.25, 0.3) is 11.1 Å². The summed E-state index contributed by atoms with van der Waals surface area (Å²) >= 11 is 24.8. The van der Waals surface area contributed by atoms with E-state index in [1.54, 1.807) is 50.1 Å². The molecule has 6 aromatic heterocycles. The number of nitrogen functional groups attached to an aromatic ring is 1. The number of nitrogens with two attached hydrogens (primary N) is 1. The zero-order chi connectivity index (χ0) is 68.5. The topological polar surface area (TPSA) is 245 Å². The first-order valence-corrected chi connectivity index (χ1v) is 37.5. The molecular weight excluding hydrogens is 1360 g/mol. The van der Waals surface area contributed by atoms with Crippen LogP contribution in [-0.2, 0) is 97.8 Å². The molecule has 0 unspecified atom stereocenters. The number of carbonyl (C=O) groups is 6. The Bertz CT molecular complexity index is 3930. The van der Waals surface area contributed by atoms with Gasteiger partial charge in [0, 0.05) is 45.4 Å². The number of fused-ring (bicyclic) bond motifs is 8. The molecule has 0 spiro atoms. The van der Waals surface area contributed by atoms with E-state index in [4.69, 9.17) is 62.8 Å². The van der Waals surface area contributed by atoms with Crippen LogP contribution in [0.3, 0.4) is 0 Å². The van der Waals surface area contributed by atoms with Gasteiger partial charge >= 0.3 is 24.5 Å². The van der Waals surface area contributed by atoms with Crippen LogP contribution in [-0.4, -0.2) is 104 Å². The number of methoxy groups -OCH3 is 3. The number of anilines is 2. The molecule has 6 heterocycles. The van der Waals surface area contributed by atoms with Crippen molar-refractivity contribution in [3.05, 3.63) is 114 Å². The molecule has 0 amide bonds. The molecule has 27 heteroatoms.